The third kappa shape index (κ3) is 2.12. The largest absolute Gasteiger partial charge is 0.364 e. The van der Waals surface area contributed by atoms with Crippen LogP contribution in [0.3, 0.4) is 0 Å². The summed E-state index contributed by atoms with van der Waals surface area (Å²) in [4.78, 5) is 15.6. The molecule has 3 N–H and O–H groups in total. The maximum absolute atomic E-state index is 13.8. The van der Waals surface area contributed by atoms with Gasteiger partial charge in [0.15, 0.2) is 0 Å². The Kier molecular flexibility index (Phi) is 2.84. The lowest BCUT2D eigenvalue weighted by Gasteiger charge is -2.08. The number of hydrogen-bond acceptors (Lipinski definition) is 3. The Morgan fingerprint density at radius 3 is 2.83 bits per heavy atom. The number of amides is 1. The molecule has 4 aromatic rings. The predicted molar refractivity (Wildman–Crippen MR) is 85.3 cm³/mol. The molecule has 0 saturated heterocycles. The molecule has 112 valence electrons. The SMILES string of the molecule is NC(=O)c1nccc2ccc(-c3cc(F)cc4[nH]ncc34)cc12. The van der Waals surface area contributed by atoms with Crippen LogP contribution in [0.1, 0.15) is 10.5 Å². The number of pyridine rings is 1. The van der Waals surface area contributed by atoms with Crippen LogP contribution in [-0.2, 0) is 0 Å². The summed E-state index contributed by atoms with van der Waals surface area (Å²) < 4.78 is 13.8. The van der Waals surface area contributed by atoms with Crippen molar-refractivity contribution in [1.29, 1.82) is 0 Å². The van der Waals surface area contributed by atoms with E-state index in [1.54, 1.807) is 24.5 Å². The van der Waals surface area contributed by atoms with Crippen molar-refractivity contribution in [2.45, 2.75) is 0 Å². The lowest BCUT2D eigenvalue weighted by Crippen LogP contribution is -2.13. The van der Waals surface area contributed by atoms with Crippen LogP contribution < -0.4 is 5.73 Å². The van der Waals surface area contributed by atoms with Crippen molar-refractivity contribution >= 4 is 27.6 Å². The highest BCUT2D eigenvalue weighted by Crippen LogP contribution is 2.31. The van der Waals surface area contributed by atoms with Gasteiger partial charge in [-0.25, -0.2) is 4.39 Å². The number of benzene rings is 2. The molecule has 0 aliphatic heterocycles. The van der Waals surface area contributed by atoms with E-state index < -0.39 is 5.91 Å². The molecule has 0 aliphatic rings. The van der Waals surface area contributed by atoms with Crippen LogP contribution in [0, 0.1) is 5.82 Å². The van der Waals surface area contributed by atoms with Crippen molar-refractivity contribution in [3.8, 4) is 11.1 Å². The second kappa shape index (κ2) is 4.88. The Morgan fingerprint density at radius 1 is 1.13 bits per heavy atom. The van der Waals surface area contributed by atoms with E-state index in [0.29, 0.717) is 16.5 Å². The number of fused-ring (bicyclic) bond motifs is 2. The molecule has 0 atom stereocenters. The summed E-state index contributed by atoms with van der Waals surface area (Å²) in [7, 11) is 0. The Bertz CT molecular complexity index is 1070. The minimum Gasteiger partial charge on any atom is -0.364 e. The van der Waals surface area contributed by atoms with Crippen LogP contribution in [0.5, 0.6) is 0 Å². The van der Waals surface area contributed by atoms with Crippen molar-refractivity contribution in [2.24, 2.45) is 5.73 Å². The Labute approximate surface area is 130 Å². The monoisotopic (exact) mass is 306 g/mol. The lowest BCUT2D eigenvalue weighted by atomic mass is 9.98. The molecule has 5 nitrogen and oxygen atoms in total. The number of primary amides is 1. The van der Waals surface area contributed by atoms with Gasteiger partial charge in [-0.2, -0.15) is 5.10 Å². The quantitative estimate of drug-likeness (QED) is 0.597. The van der Waals surface area contributed by atoms with Gasteiger partial charge in [-0.05, 0) is 40.8 Å². The van der Waals surface area contributed by atoms with Gasteiger partial charge in [-0.15, -0.1) is 0 Å². The molecule has 6 heteroatoms. The van der Waals surface area contributed by atoms with E-state index in [1.165, 1.54) is 12.1 Å². The number of carbonyl (C=O) groups excluding carboxylic acids is 1. The number of nitrogens with one attached hydrogen (secondary N) is 1. The summed E-state index contributed by atoms with van der Waals surface area (Å²) in [5.74, 6) is -0.960. The molecule has 0 unspecified atom stereocenters. The topological polar surface area (TPSA) is 84.7 Å². The number of hydrogen-bond donors (Lipinski definition) is 2. The molecule has 0 aliphatic carbocycles. The number of nitrogens with zero attached hydrogens (tertiary/aromatic N) is 2. The second-order valence-electron chi connectivity index (χ2n) is 5.24. The van der Waals surface area contributed by atoms with Crippen LogP contribution >= 0.6 is 0 Å². The van der Waals surface area contributed by atoms with Crippen molar-refractivity contribution in [2.75, 3.05) is 0 Å². The Balaban J connectivity index is 2.03. The van der Waals surface area contributed by atoms with E-state index in [-0.39, 0.29) is 11.5 Å². The summed E-state index contributed by atoms with van der Waals surface area (Å²) in [5.41, 5.74) is 7.65. The minimum absolute atomic E-state index is 0.198. The highest BCUT2D eigenvalue weighted by Gasteiger charge is 2.12. The van der Waals surface area contributed by atoms with E-state index >= 15 is 0 Å². The average molecular weight is 306 g/mol. The van der Waals surface area contributed by atoms with Gasteiger partial charge < -0.3 is 5.73 Å². The number of halogens is 1. The van der Waals surface area contributed by atoms with Gasteiger partial charge in [-0.3, -0.25) is 14.9 Å². The predicted octanol–water partition coefficient (Wildman–Crippen LogP) is 3.02. The van der Waals surface area contributed by atoms with Crippen molar-refractivity contribution in [3.05, 3.63) is 60.3 Å². The number of rotatable bonds is 2. The zero-order chi connectivity index (χ0) is 16.0. The van der Waals surface area contributed by atoms with Crippen molar-refractivity contribution in [3.63, 3.8) is 0 Å². The Morgan fingerprint density at radius 2 is 2.00 bits per heavy atom. The fraction of sp³-hybridized carbons (Fsp3) is 0. The highest BCUT2D eigenvalue weighted by molar-refractivity contribution is 6.06. The molecule has 0 radical (unpaired) electrons. The molecule has 4 rings (SSSR count). The fourth-order valence-electron chi connectivity index (χ4n) is 2.79. The minimum atomic E-state index is -0.597. The molecule has 0 fully saturated rings. The summed E-state index contributed by atoms with van der Waals surface area (Å²) in [6, 6.07) is 10.2. The van der Waals surface area contributed by atoms with E-state index in [1.807, 2.05) is 12.1 Å². The number of nitrogens with two attached hydrogens (primary N) is 1. The zero-order valence-electron chi connectivity index (χ0n) is 11.9. The highest BCUT2D eigenvalue weighted by atomic mass is 19.1. The third-order valence-corrected chi connectivity index (χ3v) is 3.83. The third-order valence-electron chi connectivity index (χ3n) is 3.83. The molecule has 1 amide bonds. The first-order valence-electron chi connectivity index (χ1n) is 6.95. The van der Waals surface area contributed by atoms with Gasteiger partial charge >= 0.3 is 0 Å². The van der Waals surface area contributed by atoms with Crippen LogP contribution in [0.2, 0.25) is 0 Å². The summed E-state index contributed by atoms with van der Waals surface area (Å²) >= 11 is 0. The van der Waals surface area contributed by atoms with E-state index in [9.17, 15) is 9.18 Å². The van der Waals surface area contributed by atoms with Gasteiger partial charge in [0.05, 0.1) is 11.7 Å². The van der Waals surface area contributed by atoms with Crippen LogP contribution in [0.15, 0.2) is 48.8 Å². The molecule has 0 bridgehead atoms. The van der Waals surface area contributed by atoms with E-state index in [2.05, 4.69) is 15.2 Å². The van der Waals surface area contributed by atoms with Gasteiger partial charge in [0.1, 0.15) is 11.5 Å². The van der Waals surface area contributed by atoms with Gasteiger partial charge in [0.2, 0.25) is 0 Å². The first kappa shape index (κ1) is 13.4. The maximum atomic E-state index is 13.8. The molecule has 2 aromatic carbocycles. The normalized spacial score (nSPS) is 11.2. The number of aromatic amines is 1. The maximum Gasteiger partial charge on any atom is 0.267 e. The van der Waals surface area contributed by atoms with Crippen molar-refractivity contribution < 1.29 is 9.18 Å². The molecule has 2 aromatic heterocycles. The van der Waals surface area contributed by atoms with Crippen LogP contribution in [0.25, 0.3) is 32.8 Å². The molecule has 23 heavy (non-hydrogen) atoms. The first-order valence-corrected chi connectivity index (χ1v) is 6.95. The molecule has 0 spiro atoms. The first-order chi connectivity index (χ1) is 11.1. The number of aromatic nitrogens is 3. The van der Waals surface area contributed by atoms with Gasteiger partial charge in [-0.1, -0.05) is 12.1 Å². The Hall–Kier alpha value is -3.28. The average Bonchev–Trinajstić information content (AvgIpc) is 3.01. The second-order valence-corrected chi connectivity index (χ2v) is 5.24. The van der Waals surface area contributed by atoms with Gasteiger partial charge in [0.25, 0.3) is 5.91 Å². The van der Waals surface area contributed by atoms with Gasteiger partial charge in [0, 0.05) is 17.0 Å². The van der Waals surface area contributed by atoms with Crippen LogP contribution in [-0.4, -0.2) is 21.1 Å². The fourth-order valence-corrected chi connectivity index (χ4v) is 2.79. The molecule has 2 heterocycles. The molecular formula is C17H11FN4O. The van der Waals surface area contributed by atoms with Crippen molar-refractivity contribution in [1.82, 2.24) is 15.2 Å². The van der Waals surface area contributed by atoms with E-state index in [4.69, 9.17) is 5.73 Å². The standard InChI is InChI=1S/C17H11FN4O/c18-11-6-12(14-8-21-22-15(14)7-11)10-2-1-9-3-4-20-16(17(19)23)13(9)5-10/h1-8H,(H2,19,23)(H,21,22). The molecule has 0 saturated carbocycles. The lowest BCUT2D eigenvalue weighted by molar-refractivity contribution is 0.0997. The number of H-pyrrole nitrogens is 1. The molecular weight excluding hydrogens is 295 g/mol. The van der Waals surface area contributed by atoms with E-state index in [0.717, 1.165) is 16.3 Å². The summed E-state index contributed by atoms with van der Waals surface area (Å²) in [5, 5.41) is 9.00. The smallest absolute Gasteiger partial charge is 0.267 e. The summed E-state index contributed by atoms with van der Waals surface area (Å²) in [6.45, 7) is 0. The number of carbonyl (C=O) groups is 1. The zero-order valence-corrected chi connectivity index (χ0v) is 11.9. The van der Waals surface area contributed by atoms with Crippen LogP contribution in [0.4, 0.5) is 4.39 Å². The summed E-state index contributed by atoms with van der Waals surface area (Å²) in [6.07, 6.45) is 3.19.